The third-order valence-electron chi connectivity index (χ3n) is 3.27. The number of halogens is 1. The van der Waals surface area contributed by atoms with Crippen LogP contribution in [0, 0.1) is 13.8 Å². The molecule has 2 aromatic carbocycles. The van der Waals surface area contributed by atoms with Crippen molar-refractivity contribution in [3.63, 3.8) is 0 Å². The summed E-state index contributed by atoms with van der Waals surface area (Å²) in [6.45, 7) is 4.26. The van der Waals surface area contributed by atoms with Gasteiger partial charge in [0.2, 0.25) is 0 Å². The Labute approximate surface area is 129 Å². The van der Waals surface area contributed by atoms with E-state index in [-0.39, 0.29) is 6.61 Å². The van der Waals surface area contributed by atoms with E-state index in [4.69, 9.17) is 21.4 Å². The first-order valence-corrected chi connectivity index (χ1v) is 7.07. The van der Waals surface area contributed by atoms with Gasteiger partial charge in [-0.05, 0) is 42.2 Å². The Morgan fingerprint density at radius 3 is 2.67 bits per heavy atom. The van der Waals surface area contributed by atoms with Gasteiger partial charge < -0.3 is 9.84 Å². The average molecular weight is 305 g/mol. The lowest BCUT2D eigenvalue weighted by Crippen LogP contribution is -2.09. The van der Waals surface area contributed by atoms with Gasteiger partial charge in [0.1, 0.15) is 12.4 Å². The first-order valence-electron chi connectivity index (χ1n) is 6.64. The van der Waals surface area contributed by atoms with Crippen LogP contribution in [0.15, 0.2) is 42.5 Å². The lowest BCUT2D eigenvalue weighted by atomic mass is 10.0. The Kier molecular flexibility index (Phi) is 4.86. The summed E-state index contributed by atoms with van der Waals surface area (Å²) in [5.41, 5.74) is 3.50. The van der Waals surface area contributed by atoms with Crippen LogP contribution in [0.4, 0.5) is 0 Å². The molecule has 0 spiro atoms. The molecule has 0 aliphatic heterocycles. The maximum Gasteiger partial charge on any atom is 0.326 e. The summed E-state index contributed by atoms with van der Waals surface area (Å²) in [4.78, 5) is 11.1. The number of carboxylic acid groups (broad SMARTS) is 1. The van der Waals surface area contributed by atoms with Crippen molar-refractivity contribution < 1.29 is 14.6 Å². The van der Waals surface area contributed by atoms with Gasteiger partial charge in [-0.25, -0.2) is 0 Å². The SMILES string of the molecule is Cc1ccc(C)c(OCc2ccccc2C(Cl)C(=O)O)c1. The molecule has 21 heavy (non-hydrogen) atoms. The van der Waals surface area contributed by atoms with Crippen LogP contribution in [0.5, 0.6) is 5.75 Å². The van der Waals surface area contributed by atoms with E-state index in [0.29, 0.717) is 5.56 Å². The van der Waals surface area contributed by atoms with Crippen molar-refractivity contribution >= 4 is 17.6 Å². The Hall–Kier alpha value is -2.00. The van der Waals surface area contributed by atoms with Gasteiger partial charge in [0.05, 0.1) is 0 Å². The molecule has 3 nitrogen and oxygen atoms in total. The largest absolute Gasteiger partial charge is 0.489 e. The second-order valence-corrected chi connectivity index (χ2v) is 5.39. The zero-order valence-corrected chi connectivity index (χ0v) is 12.7. The molecular weight excluding hydrogens is 288 g/mol. The van der Waals surface area contributed by atoms with Crippen LogP contribution in [0.1, 0.15) is 27.6 Å². The Morgan fingerprint density at radius 1 is 1.24 bits per heavy atom. The fourth-order valence-electron chi connectivity index (χ4n) is 2.06. The molecule has 1 atom stereocenters. The number of aryl methyl sites for hydroxylation is 2. The molecule has 0 aliphatic rings. The topological polar surface area (TPSA) is 46.5 Å². The predicted octanol–water partition coefficient (Wildman–Crippen LogP) is 4.25. The van der Waals surface area contributed by atoms with Crippen LogP contribution in [-0.2, 0) is 11.4 Å². The van der Waals surface area contributed by atoms with E-state index in [2.05, 4.69) is 0 Å². The van der Waals surface area contributed by atoms with Gasteiger partial charge in [0.15, 0.2) is 5.38 Å². The Bertz CT molecular complexity index is 652. The number of alkyl halides is 1. The lowest BCUT2D eigenvalue weighted by Gasteiger charge is -2.14. The number of hydrogen-bond acceptors (Lipinski definition) is 2. The van der Waals surface area contributed by atoms with Gasteiger partial charge >= 0.3 is 5.97 Å². The van der Waals surface area contributed by atoms with Crippen LogP contribution in [0.2, 0.25) is 0 Å². The Morgan fingerprint density at radius 2 is 1.95 bits per heavy atom. The van der Waals surface area contributed by atoms with E-state index in [0.717, 1.165) is 22.4 Å². The van der Waals surface area contributed by atoms with Gasteiger partial charge in [-0.2, -0.15) is 0 Å². The summed E-state index contributed by atoms with van der Waals surface area (Å²) in [6.07, 6.45) is 0. The molecule has 0 aliphatic carbocycles. The van der Waals surface area contributed by atoms with Crippen LogP contribution >= 0.6 is 11.6 Å². The lowest BCUT2D eigenvalue weighted by molar-refractivity contribution is -0.136. The number of aliphatic carboxylic acids is 1. The van der Waals surface area contributed by atoms with Crippen LogP contribution in [0.3, 0.4) is 0 Å². The van der Waals surface area contributed by atoms with E-state index in [1.807, 2.05) is 44.2 Å². The molecule has 4 heteroatoms. The second-order valence-electron chi connectivity index (χ2n) is 4.96. The maximum absolute atomic E-state index is 11.1. The van der Waals surface area contributed by atoms with Gasteiger partial charge in [0, 0.05) is 0 Å². The molecule has 110 valence electrons. The van der Waals surface area contributed by atoms with Crippen molar-refractivity contribution in [2.45, 2.75) is 25.8 Å². The molecule has 0 aromatic heterocycles. The minimum atomic E-state index is -1.07. The van der Waals surface area contributed by atoms with Crippen LogP contribution < -0.4 is 4.74 Å². The minimum Gasteiger partial charge on any atom is -0.489 e. The molecule has 2 rings (SSSR count). The van der Waals surface area contributed by atoms with Crippen molar-refractivity contribution in [1.82, 2.24) is 0 Å². The molecule has 1 N–H and O–H groups in total. The summed E-state index contributed by atoms with van der Waals surface area (Å²) in [5.74, 6) is -0.262. The molecule has 0 saturated carbocycles. The molecule has 2 aromatic rings. The number of carbonyl (C=O) groups is 1. The number of carboxylic acids is 1. The predicted molar refractivity (Wildman–Crippen MR) is 82.9 cm³/mol. The Balaban J connectivity index is 2.20. The summed E-state index contributed by atoms with van der Waals surface area (Å²) < 4.78 is 5.82. The fraction of sp³-hybridized carbons (Fsp3) is 0.235. The highest BCUT2D eigenvalue weighted by Gasteiger charge is 2.19. The number of rotatable bonds is 5. The molecule has 0 amide bonds. The summed E-state index contributed by atoms with van der Waals surface area (Å²) in [5, 5.41) is 7.99. The number of hydrogen-bond donors (Lipinski definition) is 1. The normalized spacial score (nSPS) is 12.0. The molecular formula is C17H17ClO3. The monoisotopic (exact) mass is 304 g/mol. The van der Waals surface area contributed by atoms with Crippen molar-refractivity contribution in [3.8, 4) is 5.75 Å². The number of benzene rings is 2. The average Bonchev–Trinajstić information content (AvgIpc) is 2.47. The third-order valence-corrected chi connectivity index (χ3v) is 3.69. The van der Waals surface area contributed by atoms with Crippen molar-refractivity contribution in [2.75, 3.05) is 0 Å². The van der Waals surface area contributed by atoms with Crippen molar-refractivity contribution in [3.05, 3.63) is 64.7 Å². The van der Waals surface area contributed by atoms with E-state index < -0.39 is 11.3 Å². The minimum absolute atomic E-state index is 0.289. The summed E-state index contributed by atoms with van der Waals surface area (Å²) >= 11 is 5.93. The van der Waals surface area contributed by atoms with Gasteiger partial charge in [-0.1, -0.05) is 36.4 Å². The highest BCUT2D eigenvalue weighted by Crippen LogP contribution is 2.26. The van der Waals surface area contributed by atoms with E-state index >= 15 is 0 Å². The zero-order chi connectivity index (χ0) is 15.4. The smallest absolute Gasteiger partial charge is 0.326 e. The highest BCUT2D eigenvalue weighted by molar-refractivity contribution is 6.29. The first-order chi connectivity index (χ1) is 9.99. The standard InChI is InChI=1S/C17H17ClO3/c1-11-7-8-12(2)15(9-11)21-10-13-5-3-4-6-14(13)16(18)17(19)20/h3-9,16H,10H2,1-2H3,(H,19,20). The van der Waals surface area contributed by atoms with Gasteiger partial charge in [-0.3, -0.25) is 4.79 Å². The van der Waals surface area contributed by atoms with Crippen molar-refractivity contribution in [1.29, 1.82) is 0 Å². The van der Waals surface area contributed by atoms with Crippen LogP contribution in [0.25, 0.3) is 0 Å². The molecule has 0 saturated heterocycles. The fourth-order valence-corrected chi connectivity index (χ4v) is 2.28. The van der Waals surface area contributed by atoms with Gasteiger partial charge in [0.25, 0.3) is 0 Å². The van der Waals surface area contributed by atoms with E-state index in [1.54, 1.807) is 12.1 Å². The second kappa shape index (κ2) is 6.64. The molecule has 0 fully saturated rings. The van der Waals surface area contributed by atoms with Crippen LogP contribution in [-0.4, -0.2) is 11.1 Å². The molecule has 0 heterocycles. The van der Waals surface area contributed by atoms with E-state index in [9.17, 15) is 4.79 Å². The summed E-state index contributed by atoms with van der Waals surface area (Å²) in [6, 6.07) is 13.2. The highest BCUT2D eigenvalue weighted by atomic mass is 35.5. The van der Waals surface area contributed by atoms with E-state index in [1.165, 1.54) is 0 Å². The molecule has 0 radical (unpaired) electrons. The number of ether oxygens (including phenoxy) is 1. The zero-order valence-electron chi connectivity index (χ0n) is 12.0. The third kappa shape index (κ3) is 3.76. The maximum atomic E-state index is 11.1. The van der Waals surface area contributed by atoms with Crippen molar-refractivity contribution in [2.24, 2.45) is 0 Å². The van der Waals surface area contributed by atoms with Gasteiger partial charge in [-0.15, -0.1) is 11.6 Å². The summed E-state index contributed by atoms with van der Waals surface area (Å²) in [7, 11) is 0. The molecule has 0 bridgehead atoms. The quantitative estimate of drug-likeness (QED) is 0.840. The molecule has 1 unspecified atom stereocenters. The first kappa shape index (κ1) is 15.4.